The molecule has 0 fully saturated rings. The number of rotatable bonds is 6. The first kappa shape index (κ1) is 11.2. The molecule has 0 saturated carbocycles. The van der Waals surface area contributed by atoms with Gasteiger partial charge in [-0.2, -0.15) is 0 Å². The van der Waals surface area contributed by atoms with Gasteiger partial charge in [0.25, 0.3) is 0 Å². The predicted octanol–water partition coefficient (Wildman–Crippen LogP) is 3.74. The summed E-state index contributed by atoms with van der Waals surface area (Å²) < 4.78 is 0. The van der Waals surface area contributed by atoms with Crippen LogP contribution in [0, 0.1) is 0 Å². The van der Waals surface area contributed by atoms with E-state index in [9.17, 15) is 5.11 Å². The summed E-state index contributed by atoms with van der Waals surface area (Å²) >= 11 is 5.03. The average molecular weight is 263 g/mol. The average Bonchev–Trinajstić information content (AvgIpc) is 2.65. The normalized spacial score (nSPS) is 13.1. The Labute approximate surface area is 91.9 Å². The zero-order valence-corrected chi connectivity index (χ0v) is 9.98. The molecule has 0 saturated heterocycles. The minimum Gasteiger partial charge on any atom is -0.388 e. The van der Waals surface area contributed by atoms with Crippen molar-refractivity contribution in [3.8, 4) is 0 Å². The number of alkyl halides is 1. The Kier molecular flexibility index (Phi) is 5.67. The van der Waals surface area contributed by atoms with Crippen LogP contribution in [0.1, 0.15) is 36.7 Å². The molecule has 0 aliphatic heterocycles. The summed E-state index contributed by atoms with van der Waals surface area (Å²) in [5.41, 5.74) is 0. The highest BCUT2D eigenvalue weighted by Gasteiger charge is 2.06. The predicted molar refractivity (Wildman–Crippen MR) is 61.5 cm³/mol. The highest BCUT2D eigenvalue weighted by Crippen LogP contribution is 2.23. The molecular formula is C10H15BrOS. The first-order chi connectivity index (χ1) is 6.34. The first-order valence-corrected chi connectivity index (χ1v) is 6.62. The molecule has 1 aromatic heterocycles. The fraction of sp³-hybridized carbons (Fsp3) is 0.600. The van der Waals surface area contributed by atoms with E-state index in [0.29, 0.717) is 0 Å². The lowest BCUT2D eigenvalue weighted by Crippen LogP contribution is -1.94. The summed E-state index contributed by atoms with van der Waals surface area (Å²) in [6.07, 6.45) is 4.18. The number of aliphatic hydroxyl groups excluding tert-OH is 1. The van der Waals surface area contributed by atoms with Crippen molar-refractivity contribution >= 4 is 27.3 Å². The Hall–Kier alpha value is 0.140. The number of hydrogen-bond acceptors (Lipinski definition) is 2. The second kappa shape index (κ2) is 6.57. The second-order valence-electron chi connectivity index (χ2n) is 3.07. The van der Waals surface area contributed by atoms with E-state index in [-0.39, 0.29) is 6.10 Å². The maximum Gasteiger partial charge on any atom is 0.0882 e. The van der Waals surface area contributed by atoms with E-state index in [0.717, 1.165) is 23.0 Å². The third kappa shape index (κ3) is 4.25. The van der Waals surface area contributed by atoms with Crippen LogP contribution in [0.2, 0.25) is 0 Å². The molecule has 0 bridgehead atoms. The third-order valence-electron chi connectivity index (χ3n) is 1.98. The maximum absolute atomic E-state index is 9.71. The minimum atomic E-state index is -0.240. The van der Waals surface area contributed by atoms with E-state index >= 15 is 0 Å². The van der Waals surface area contributed by atoms with Crippen LogP contribution in [0.25, 0.3) is 0 Å². The molecule has 0 spiro atoms. The van der Waals surface area contributed by atoms with Gasteiger partial charge < -0.3 is 5.11 Å². The van der Waals surface area contributed by atoms with Crippen molar-refractivity contribution in [2.45, 2.75) is 31.8 Å². The van der Waals surface area contributed by atoms with Gasteiger partial charge in [-0.15, -0.1) is 11.3 Å². The van der Waals surface area contributed by atoms with E-state index < -0.39 is 0 Å². The number of halogens is 1. The van der Waals surface area contributed by atoms with E-state index in [1.165, 1.54) is 12.8 Å². The highest BCUT2D eigenvalue weighted by atomic mass is 79.9. The Bertz CT molecular complexity index is 211. The van der Waals surface area contributed by atoms with Gasteiger partial charge in [-0.25, -0.2) is 0 Å². The molecule has 0 aromatic carbocycles. The summed E-state index contributed by atoms with van der Waals surface area (Å²) in [5, 5.41) is 12.8. The van der Waals surface area contributed by atoms with Gasteiger partial charge in [0.05, 0.1) is 6.10 Å². The van der Waals surface area contributed by atoms with Crippen LogP contribution in [-0.4, -0.2) is 10.4 Å². The van der Waals surface area contributed by atoms with Crippen LogP contribution in [-0.2, 0) is 0 Å². The lowest BCUT2D eigenvalue weighted by molar-refractivity contribution is 0.167. The lowest BCUT2D eigenvalue weighted by atomic mass is 10.1. The monoisotopic (exact) mass is 262 g/mol. The number of thiophene rings is 1. The van der Waals surface area contributed by atoms with Crippen molar-refractivity contribution in [3.63, 3.8) is 0 Å². The number of unbranched alkanes of at least 4 members (excludes halogenated alkanes) is 2. The molecule has 74 valence electrons. The largest absolute Gasteiger partial charge is 0.388 e. The summed E-state index contributed by atoms with van der Waals surface area (Å²) in [5.74, 6) is 0. The number of hydrogen-bond donors (Lipinski definition) is 1. The molecule has 0 amide bonds. The molecule has 1 heterocycles. The summed E-state index contributed by atoms with van der Waals surface area (Å²) in [6, 6.07) is 3.99. The molecule has 0 aliphatic carbocycles. The molecule has 3 heteroatoms. The molecule has 0 radical (unpaired) electrons. The Balaban J connectivity index is 2.15. The van der Waals surface area contributed by atoms with Gasteiger partial charge in [-0.1, -0.05) is 34.8 Å². The van der Waals surface area contributed by atoms with E-state index in [1.807, 2.05) is 17.5 Å². The van der Waals surface area contributed by atoms with Crippen LogP contribution < -0.4 is 0 Å². The van der Waals surface area contributed by atoms with Gasteiger partial charge >= 0.3 is 0 Å². The summed E-state index contributed by atoms with van der Waals surface area (Å²) in [7, 11) is 0. The first-order valence-electron chi connectivity index (χ1n) is 4.62. The van der Waals surface area contributed by atoms with Crippen LogP contribution in [0.4, 0.5) is 0 Å². The molecule has 1 rings (SSSR count). The molecule has 1 aromatic rings. The van der Waals surface area contributed by atoms with Gasteiger partial charge in [0.1, 0.15) is 0 Å². The molecule has 1 nitrogen and oxygen atoms in total. The van der Waals surface area contributed by atoms with E-state index in [2.05, 4.69) is 15.9 Å². The molecule has 1 N–H and O–H groups in total. The second-order valence-corrected chi connectivity index (χ2v) is 4.84. The van der Waals surface area contributed by atoms with Gasteiger partial charge in [-0.3, -0.25) is 0 Å². The fourth-order valence-electron chi connectivity index (χ4n) is 1.23. The Morgan fingerprint density at radius 2 is 2.23 bits per heavy atom. The van der Waals surface area contributed by atoms with Crippen LogP contribution in [0.3, 0.4) is 0 Å². The van der Waals surface area contributed by atoms with Crippen molar-refractivity contribution in [3.05, 3.63) is 22.4 Å². The number of aliphatic hydroxyl groups is 1. The van der Waals surface area contributed by atoms with Gasteiger partial charge in [0, 0.05) is 10.2 Å². The maximum atomic E-state index is 9.71. The standard InChI is InChI=1S/C10H15BrOS/c11-7-3-1-2-5-9(12)10-6-4-8-13-10/h4,6,8-9,12H,1-3,5,7H2/t9-/m1/s1. The Morgan fingerprint density at radius 3 is 2.85 bits per heavy atom. The van der Waals surface area contributed by atoms with Crippen molar-refractivity contribution in [2.24, 2.45) is 0 Å². The molecule has 13 heavy (non-hydrogen) atoms. The van der Waals surface area contributed by atoms with Crippen molar-refractivity contribution < 1.29 is 5.11 Å². The Morgan fingerprint density at radius 1 is 1.38 bits per heavy atom. The summed E-state index contributed by atoms with van der Waals surface area (Å²) in [4.78, 5) is 1.10. The van der Waals surface area contributed by atoms with Crippen molar-refractivity contribution in [2.75, 3.05) is 5.33 Å². The molecule has 0 unspecified atom stereocenters. The van der Waals surface area contributed by atoms with Gasteiger partial charge in [0.15, 0.2) is 0 Å². The minimum absolute atomic E-state index is 0.240. The van der Waals surface area contributed by atoms with Crippen LogP contribution in [0.5, 0.6) is 0 Å². The SMILES string of the molecule is O[C@H](CCCCCBr)c1cccs1. The highest BCUT2D eigenvalue weighted by molar-refractivity contribution is 9.09. The van der Waals surface area contributed by atoms with Gasteiger partial charge in [-0.05, 0) is 24.3 Å². The fourth-order valence-corrected chi connectivity index (χ4v) is 2.37. The molecule has 0 aliphatic rings. The van der Waals surface area contributed by atoms with Gasteiger partial charge in [0.2, 0.25) is 0 Å². The smallest absolute Gasteiger partial charge is 0.0882 e. The van der Waals surface area contributed by atoms with Crippen LogP contribution in [0.15, 0.2) is 17.5 Å². The van der Waals surface area contributed by atoms with Crippen molar-refractivity contribution in [1.29, 1.82) is 0 Å². The van der Waals surface area contributed by atoms with E-state index in [1.54, 1.807) is 11.3 Å². The topological polar surface area (TPSA) is 20.2 Å². The lowest BCUT2D eigenvalue weighted by Gasteiger charge is -2.07. The van der Waals surface area contributed by atoms with Crippen LogP contribution >= 0.6 is 27.3 Å². The molecular weight excluding hydrogens is 248 g/mol. The quantitative estimate of drug-likeness (QED) is 0.612. The van der Waals surface area contributed by atoms with Crippen molar-refractivity contribution in [1.82, 2.24) is 0 Å². The zero-order chi connectivity index (χ0) is 9.52. The third-order valence-corrected chi connectivity index (χ3v) is 3.52. The summed E-state index contributed by atoms with van der Waals surface area (Å²) in [6.45, 7) is 0. The zero-order valence-electron chi connectivity index (χ0n) is 7.58. The molecule has 1 atom stereocenters. The van der Waals surface area contributed by atoms with E-state index in [4.69, 9.17) is 0 Å².